The van der Waals surface area contributed by atoms with E-state index in [1.165, 1.54) is 0 Å². The largest absolute Gasteiger partial charge is 0.478 e. The van der Waals surface area contributed by atoms with Gasteiger partial charge in [-0.2, -0.15) is 13.2 Å². The molecular formula is C14H16F3NO3. The molecule has 1 aromatic carbocycles. The number of amides is 1. The molecule has 0 aliphatic heterocycles. The molecule has 2 N–H and O–H groups in total. The molecule has 0 aromatic heterocycles. The van der Waals surface area contributed by atoms with E-state index in [-0.39, 0.29) is 17.7 Å². The van der Waals surface area contributed by atoms with Crippen LogP contribution < -0.4 is 5.32 Å². The molecule has 0 unspecified atom stereocenters. The predicted molar refractivity (Wildman–Crippen MR) is 71.2 cm³/mol. The van der Waals surface area contributed by atoms with E-state index in [0.29, 0.717) is 18.6 Å². The van der Waals surface area contributed by atoms with Crippen molar-refractivity contribution in [2.45, 2.75) is 38.8 Å². The fourth-order valence-corrected chi connectivity index (χ4v) is 1.76. The normalized spacial score (nSPS) is 11.2. The smallest absolute Gasteiger partial charge is 0.416 e. The Hall–Kier alpha value is -2.05. The molecule has 0 radical (unpaired) electrons. The molecule has 116 valence electrons. The Kier molecular flexibility index (Phi) is 5.75. The molecule has 0 bridgehead atoms. The van der Waals surface area contributed by atoms with Crippen LogP contribution in [-0.4, -0.2) is 17.0 Å². The average Bonchev–Trinajstić information content (AvgIpc) is 2.37. The molecule has 1 aromatic rings. The summed E-state index contributed by atoms with van der Waals surface area (Å²) < 4.78 is 37.9. The van der Waals surface area contributed by atoms with Crippen LogP contribution in [0.15, 0.2) is 18.2 Å². The first-order chi connectivity index (χ1) is 9.75. The van der Waals surface area contributed by atoms with Crippen LogP contribution in [0.5, 0.6) is 0 Å². The van der Waals surface area contributed by atoms with Gasteiger partial charge in [0.05, 0.1) is 16.8 Å². The number of halogens is 3. The first-order valence-electron chi connectivity index (χ1n) is 6.50. The van der Waals surface area contributed by atoms with Gasteiger partial charge in [-0.1, -0.05) is 19.8 Å². The Labute approximate surface area is 120 Å². The summed E-state index contributed by atoms with van der Waals surface area (Å²) in [5.74, 6) is -1.89. The number of alkyl halides is 3. The van der Waals surface area contributed by atoms with Crippen molar-refractivity contribution in [2.75, 3.05) is 5.32 Å². The zero-order valence-corrected chi connectivity index (χ0v) is 11.5. The topological polar surface area (TPSA) is 66.4 Å². The van der Waals surface area contributed by atoms with E-state index in [9.17, 15) is 22.8 Å². The van der Waals surface area contributed by atoms with Crippen molar-refractivity contribution in [3.8, 4) is 0 Å². The van der Waals surface area contributed by atoms with E-state index < -0.39 is 23.6 Å². The lowest BCUT2D eigenvalue weighted by molar-refractivity contribution is -0.137. The van der Waals surface area contributed by atoms with Crippen LogP contribution in [-0.2, 0) is 11.0 Å². The van der Waals surface area contributed by atoms with Crippen molar-refractivity contribution in [2.24, 2.45) is 0 Å². The number of rotatable bonds is 6. The van der Waals surface area contributed by atoms with E-state index in [0.717, 1.165) is 18.9 Å². The molecule has 0 aliphatic rings. The summed E-state index contributed by atoms with van der Waals surface area (Å²) in [7, 11) is 0. The molecule has 0 fully saturated rings. The fourth-order valence-electron chi connectivity index (χ4n) is 1.76. The summed E-state index contributed by atoms with van der Waals surface area (Å²) >= 11 is 0. The lowest BCUT2D eigenvalue weighted by Crippen LogP contribution is -2.16. The van der Waals surface area contributed by atoms with Crippen LogP contribution in [0.2, 0.25) is 0 Å². The quantitative estimate of drug-likeness (QED) is 0.783. The van der Waals surface area contributed by atoms with Gasteiger partial charge in [0.1, 0.15) is 0 Å². The fraction of sp³-hybridized carbons (Fsp3) is 0.429. The van der Waals surface area contributed by atoms with Gasteiger partial charge in [-0.3, -0.25) is 4.79 Å². The first-order valence-corrected chi connectivity index (χ1v) is 6.50. The maximum Gasteiger partial charge on any atom is 0.416 e. The van der Waals surface area contributed by atoms with E-state index >= 15 is 0 Å². The van der Waals surface area contributed by atoms with Gasteiger partial charge in [0.25, 0.3) is 0 Å². The number of anilines is 1. The van der Waals surface area contributed by atoms with Crippen LogP contribution in [0, 0.1) is 0 Å². The monoisotopic (exact) mass is 303 g/mol. The molecule has 7 heteroatoms. The van der Waals surface area contributed by atoms with Gasteiger partial charge in [0.15, 0.2) is 0 Å². The van der Waals surface area contributed by atoms with Crippen LogP contribution >= 0.6 is 0 Å². The van der Waals surface area contributed by atoms with E-state index in [1.807, 2.05) is 6.92 Å². The lowest BCUT2D eigenvalue weighted by atomic mass is 10.1. The summed E-state index contributed by atoms with van der Waals surface area (Å²) in [6, 6.07) is 2.16. The highest BCUT2D eigenvalue weighted by molar-refractivity contribution is 6.00. The minimum absolute atomic E-state index is 0.142. The molecule has 0 saturated carbocycles. The summed E-state index contributed by atoms with van der Waals surface area (Å²) in [6.07, 6.45) is -2.13. The first kappa shape index (κ1) is 17.0. The third-order valence-corrected chi connectivity index (χ3v) is 2.86. The number of unbranched alkanes of at least 4 members (excludes halogenated alkanes) is 2. The van der Waals surface area contributed by atoms with Gasteiger partial charge in [-0.15, -0.1) is 0 Å². The SMILES string of the molecule is CCCCCC(=O)Nc1cc(C(F)(F)F)ccc1C(=O)O. The summed E-state index contributed by atoms with van der Waals surface area (Å²) in [5, 5.41) is 11.2. The number of aromatic carboxylic acids is 1. The van der Waals surface area contributed by atoms with Crippen LogP contribution in [0.3, 0.4) is 0 Å². The third-order valence-electron chi connectivity index (χ3n) is 2.86. The van der Waals surface area contributed by atoms with E-state index in [1.54, 1.807) is 0 Å². The van der Waals surface area contributed by atoms with Gasteiger partial charge >= 0.3 is 12.1 Å². The highest BCUT2D eigenvalue weighted by atomic mass is 19.4. The Morgan fingerprint density at radius 1 is 1.24 bits per heavy atom. The maximum absolute atomic E-state index is 12.6. The second kappa shape index (κ2) is 7.10. The second-order valence-corrected chi connectivity index (χ2v) is 4.57. The second-order valence-electron chi connectivity index (χ2n) is 4.57. The molecule has 0 spiro atoms. The van der Waals surface area contributed by atoms with Gasteiger partial charge in [0, 0.05) is 6.42 Å². The van der Waals surface area contributed by atoms with Crippen LogP contribution in [0.4, 0.5) is 18.9 Å². The highest BCUT2D eigenvalue weighted by Crippen LogP contribution is 2.32. The summed E-state index contributed by atoms with van der Waals surface area (Å²) in [6.45, 7) is 1.95. The Morgan fingerprint density at radius 2 is 1.90 bits per heavy atom. The number of carboxylic acid groups (broad SMARTS) is 1. The van der Waals surface area contributed by atoms with Crippen molar-refractivity contribution in [1.82, 2.24) is 0 Å². The molecule has 0 atom stereocenters. The summed E-state index contributed by atoms with van der Waals surface area (Å²) in [4.78, 5) is 22.6. The van der Waals surface area contributed by atoms with Gasteiger partial charge < -0.3 is 10.4 Å². The predicted octanol–water partition coefficient (Wildman–Crippen LogP) is 3.92. The number of carboxylic acids is 1. The molecule has 0 heterocycles. The van der Waals surface area contributed by atoms with Crippen molar-refractivity contribution >= 4 is 17.6 Å². The molecule has 0 aliphatic carbocycles. The number of carbonyl (C=O) groups excluding carboxylic acids is 1. The standard InChI is InChI=1S/C14H16F3NO3/c1-2-3-4-5-12(19)18-11-8-9(14(15,16)17)6-7-10(11)13(20)21/h6-8H,2-5H2,1H3,(H,18,19)(H,20,21). The van der Waals surface area contributed by atoms with Crippen LogP contribution in [0.25, 0.3) is 0 Å². The minimum atomic E-state index is -4.60. The number of nitrogens with one attached hydrogen (secondary N) is 1. The summed E-state index contributed by atoms with van der Waals surface area (Å²) in [5.41, 5.74) is -1.71. The lowest BCUT2D eigenvalue weighted by Gasteiger charge is -2.12. The molecule has 1 amide bonds. The zero-order valence-electron chi connectivity index (χ0n) is 11.5. The van der Waals surface area contributed by atoms with Crippen molar-refractivity contribution in [3.05, 3.63) is 29.3 Å². The van der Waals surface area contributed by atoms with Gasteiger partial charge in [-0.25, -0.2) is 4.79 Å². The molecule has 21 heavy (non-hydrogen) atoms. The van der Waals surface area contributed by atoms with E-state index in [2.05, 4.69) is 5.32 Å². The van der Waals surface area contributed by atoms with Crippen molar-refractivity contribution in [1.29, 1.82) is 0 Å². The maximum atomic E-state index is 12.6. The van der Waals surface area contributed by atoms with E-state index in [4.69, 9.17) is 5.11 Å². The van der Waals surface area contributed by atoms with Crippen LogP contribution in [0.1, 0.15) is 48.5 Å². The Balaban J connectivity index is 2.96. The third kappa shape index (κ3) is 5.09. The van der Waals surface area contributed by atoms with Gasteiger partial charge in [0.2, 0.25) is 5.91 Å². The number of hydrogen-bond donors (Lipinski definition) is 2. The molecule has 1 rings (SSSR count). The zero-order chi connectivity index (χ0) is 16.0. The molecular weight excluding hydrogens is 287 g/mol. The minimum Gasteiger partial charge on any atom is -0.478 e. The Bertz CT molecular complexity index is 527. The Morgan fingerprint density at radius 3 is 2.43 bits per heavy atom. The average molecular weight is 303 g/mol. The van der Waals surface area contributed by atoms with Gasteiger partial charge in [-0.05, 0) is 24.6 Å². The molecule has 4 nitrogen and oxygen atoms in total. The number of benzene rings is 1. The number of hydrogen-bond acceptors (Lipinski definition) is 2. The van der Waals surface area contributed by atoms with Crippen molar-refractivity contribution < 1.29 is 27.9 Å². The molecule has 0 saturated heterocycles. The van der Waals surface area contributed by atoms with Crippen molar-refractivity contribution in [3.63, 3.8) is 0 Å². The highest BCUT2D eigenvalue weighted by Gasteiger charge is 2.31. The number of carbonyl (C=O) groups is 2.